The van der Waals surface area contributed by atoms with Crippen LogP contribution in [0.25, 0.3) is 5.78 Å². The van der Waals surface area contributed by atoms with Crippen LogP contribution in [-0.2, 0) is 9.84 Å². The lowest BCUT2D eigenvalue weighted by molar-refractivity contribution is 0.0699. The molecule has 1 aliphatic rings. The summed E-state index contributed by atoms with van der Waals surface area (Å²) >= 11 is 0. The number of amides is 1. The number of aromatic nitrogens is 4. The number of carbonyl (C=O) groups excluding carboxylic acids is 1. The molecule has 1 atom stereocenters. The first kappa shape index (κ1) is 18.5. The summed E-state index contributed by atoms with van der Waals surface area (Å²) in [6.45, 7) is 0.734. The van der Waals surface area contributed by atoms with Gasteiger partial charge in [0.15, 0.2) is 9.84 Å². The van der Waals surface area contributed by atoms with Gasteiger partial charge in [-0.2, -0.15) is 14.6 Å². The molecule has 8 nitrogen and oxygen atoms in total. The lowest BCUT2D eigenvalue weighted by Crippen LogP contribution is -2.40. The Labute approximate surface area is 160 Å². The largest absolute Gasteiger partial charge is 0.338 e. The Hall–Kier alpha value is -2.88. The van der Waals surface area contributed by atoms with Crippen molar-refractivity contribution in [3.05, 3.63) is 53.9 Å². The third kappa shape index (κ3) is 3.24. The van der Waals surface area contributed by atoms with E-state index in [1.165, 1.54) is 35.2 Å². The van der Waals surface area contributed by atoms with Crippen molar-refractivity contribution in [2.24, 2.45) is 0 Å². The van der Waals surface area contributed by atoms with Crippen molar-refractivity contribution in [1.82, 2.24) is 24.5 Å². The fourth-order valence-electron chi connectivity index (χ4n) is 3.63. The van der Waals surface area contributed by atoms with Gasteiger partial charge in [-0.1, -0.05) is 12.1 Å². The van der Waals surface area contributed by atoms with Crippen LogP contribution < -0.4 is 0 Å². The molecule has 3 aromatic rings. The molecule has 0 saturated carbocycles. The van der Waals surface area contributed by atoms with Crippen molar-refractivity contribution in [3.8, 4) is 0 Å². The minimum Gasteiger partial charge on any atom is -0.338 e. The van der Waals surface area contributed by atoms with E-state index >= 15 is 0 Å². The summed E-state index contributed by atoms with van der Waals surface area (Å²) in [5.74, 6) is -0.983. The Morgan fingerprint density at radius 3 is 2.79 bits per heavy atom. The van der Waals surface area contributed by atoms with Gasteiger partial charge < -0.3 is 4.90 Å². The Kier molecular flexibility index (Phi) is 4.58. The maximum Gasteiger partial charge on any atom is 0.256 e. The molecule has 1 saturated heterocycles. The highest BCUT2D eigenvalue weighted by molar-refractivity contribution is 7.90. The zero-order valence-corrected chi connectivity index (χ0v) is 15.9. The molecule has 0 aliphatic carbocycles. The number of piperidine rings is 1. The van der Waals surface area contributed by atoms with E-state index in [2.05, 4.69) is 15.1 Å². The van der Waals surface area contributed by atoms with E-state index in [4.69, 9.17) is 0 Å². The van der Waals surface area contributed by atoms with E-state index in [-0.39, 0.29) is 22.9 Å². The normalized spacial score (nSPS) is 17.8. The van der Waals surface area contributed by atoms with Crippen LogP contribution in [0.2, 0.25) is 0 Å². The number of hydrogen-bond acceptors (Lipinski definition) is 6. The maximum atomic E-state index is 14.0. The molecule has 4 rings (SSSR count). The average molecular weight is 403 g/mol. The molecule has 0 N–H and O–H groups in total. The van der Waals surface area contributed by atoms with Crippen molar-refractivity contribution < 1.29 is 17.6 Å². The van der Waals surface area contributed by atoms with Crippen LogP contribution in [0.3, 0.4) is 0 Å². The summed E-state index contributed by atoms with van der Waals surface area (Å²) in [5, 5.41) is 4.13. The first-order valence-electron chi connectivity index (χ1n) is 8.79. The lowest BCUT2D eigenvalue weighted by Gasteiger charge is -2.33. The number of benzene rings is 1. The van der Waals surface area contributed by atoms with Crippen LogP contribution >= 0.6 is 0 Å². The number of carbonyl (C=O) groups is 1. The molecular formula is C18H18FN5O3S. The van der Waals surface area contributed by atoms with Gasteiger partial charge >= 0.3 is 0 Å². The van der Waals surface area contributed by atoms with E-state index in [0.29, 0.717) is 30.9 Å². The first-order valence-corrected chi connectivity index (χ1v) is 10.7. The van der Waals surface area contributed by atoms with Gasteiger partial charge in [0, 0.05) is 25.3 Å². The minimum atomic E-state index is -3.56. The predicted molar refractivity (Wildman–Crippen MR) is 98.2 cm³/mol. The smallest absolute Gasteiger partial charge is 0.256 e. The summed E-state index contributed by atoms with van der Waals surface area (Å²) in [4.78, 5) is 22.5. The number of nitrogens with zero attached hydrogens (tertiary/aromatic N) is 5. The molecule has 28 heavy (non-hydrogen) atoms. The van der Waals surface area contributed by atoms with Crippen LogP contribution in [0, 0.1) is 5.82 Å². The summed E-state index contributed by atoms with van der Waals surface area (Å²) in [5.41, 5.74) is 0.461. The molecule has 1 amide bonds. The van der Waals surface area contributed by atoms with Crippen molar-refractivity contribution in [2.75, 3.05) is 19.3 Å². The number of fused-ring (bicyclic) bond motifs is 1. The third-order valence-electron chi connectivity index (χ3n) is 4.91. The van der Waals surface area contributed by atoms with E-state index < -0.39 is 21.6 Å². The number of sulfone groups is 1. The van der Waals surface area contributed by atoms with Crippen LogP contribution in [0.15, 0.2) is 41.7 Å². The van der Waals surface area contributed by atoms with Crippen LogP contribution in [0.5, 0.6) is 0 Å². The molecule has 2 aromatic heterocycles. The van der Waals surface area contributed by atoms with E-state index in [9.17, 15) is 17.6 Å². The fourth-order valence-corrected chi connectivity index (χ4v) is 4.51. The van der Waals surface area contributed by atoms with Gasteiger partial charge in [-0.25, -0.2) is 17.8 Å². The topological polar surface area (TPSA) is 97.5 Å². The fraction of sp³-hybridized carbons (Fsp3) is 0.333. The second kappa shape index (κ2) is 6.93. The van der Waals surface area contributed by atoms with Crippen molar-refractivity contribution in [2.45, 2.75) is 23.7 Å². The van der Waals surface area contributed by atoms with Crippen molar-refractivity contribution in [3.63, 3.8) is 0 Å². The summed E-state index contributed by atoms with van der Waals surface area (Å²) in [7, 11) is -3.56. The van der Waals surface area contributed by atoms with Crippen LogP contribution in [0.1, 0.15) is 34.8 Å². The van der Waals surface area contributed by atoms with E-state index in [0.717, 1.165) is 6.26 Å². The molecule has 3 heterocycles. The standard InChI is InChI=1S/C18H18FN5O3S/c1-28(26,27)15-9-20-18-21-11-22-24(18)16(15)12-5-4-8-23(10-12)17(25)13-6-2-3-7-14(13)19/h2-3,6-7,9,11-12H,4-5,8,10H2,1H3/t12-/m1/s1. The van der Waals surface area contributed by atoms with Crippen LogP contribution in [-0.4, -0.2) is 58.2 Å². The third-order valence-corrected chi connectivity index (χ3v) is 6.02. The lowest BCUT2D eigenvalue weighted by atomic mass is 9.94. The van der Waals surface area contributed by atoms with Crippen LogP contribution in [0.4, 0.5) is 4.39 Å². The monoisotopic (exact) mass is 403 g/mol. The average Bonchev–Trinajstić information content (AvgIpc) is 3.15. The van der Waals surface area contributed by atoms with Crippen molar-refractivity contribution in [1.29, 1.82) is 0 Å². The highest BCUT2D eigenvalue weighted by atomic mass is 32.2. The summed E-state index contributed by atoms with van der Waals surface area (Å²) in [6.07, 6.45) is 5.03. The summed E-state index contributed by atoms with van der Waals surface area (Å²) in [6, 6.07) is 5.84. The molecule has 1 aromatic carbocycles. The van der Waals surface area contributed by atoms with Gasteiger partial charge in [0.1, 0.15) is 17.0 Å². The maximum absolute atomic E-state index is 14.0. The zero-order chi connectivity index (χ0) is 19.9. The Bertz CT molecular complexity index is 1160. The Morgan fingerprint density at radius 1 is 1.25 bits per heavy atom. The molecule has 10 heteroatoms. The Balaban J connectivity index is 1.74. The second-order valence-electron chi connectivity index (χ2n) is 6.82. The van der Waals surface area contributed by atoms with Gasteiger partial charge in [-0.15, -0.1) is 0 Å². The first-order chi connectivity index (χ1) is 13.4. The van der Waals surface area contributed by atoms with E-state index in [1.54, 1.807) is 11.0 Å². The molecular weight excluding hydrogens is 385 g/mol. The molecule has 1 aliphatic heterocycles. The van der Waals surface area contributed by atoms with Gasteiger partial charge in [0.25, 0.3) is 11.7 Å². The quantitative estimate of drug-likeness (QED) is 0.660. The molecule has 0 bridgehead atoms. The predicted octanol–water partition coefficient (Wildman–Crippen LogP) is 1.69. The molecule has 0 spiro atoms. The summed E-state index contributed by atoms with van der Waals surface area (Å²) < 4.78 is 40.1. The van der Waals surface area contributed by atoms with Gasteiger partial charge in [0.05, 0.1) is 17.5 Å². The number of halogens is 1. The number of rotatable bonds is 3. The second-order valence-corrected chi connectivity index (χ2v) is 8.81. The molecule has 1 fully saturated rings. The molecule has 0 unspecified atom stereocenters. The van der Waals surface area contributed by atoms with Gasteiger partial charge in [-0.3, -0.25) is 4.79 Å². The molecule has 146 valence electrons. The Morgan fingerprint density at radius 2 is 2.04 bits per heavy atom. The zero-order valence-electron chi connectivity index (χ0n) is 15.1. The van der Waals surface area contributed by atoms with Gasteiger partial charge in [0.2, 0.25) is 0 Å². The van der Waals surface area contributed by atoms with Crippen molar-refractivity contribution >= 4 is 21.5 Å². The highest BCUT2D eigenvalue weighted by Crippen LogP contribution is 2.32. The number of hydrogen-bond donors (Lipinski definition) is 0. The van der Waals surface area contributed by atoms with E-state index in [1.807, 2.05) is 0 Å². The minimum absolute atomic E-state index is 0.00659. The molecule has 0 radical (unpaired) electrons. The van der Waals surface area contributed by atoms with Gasteiger partial charge in [-0.05, 0) is 25.0 Å². The SMILES string of the molecule is CS(=O)(=O)c1cnc2ncnn2c1[C@@H]1CCCN(C(=O)c2ccccc2F)C1. The number of likely N-dealkylation sites (tertiary alicyclic amines) is 1. The highest BCUT2D eigenvalue weighted by Gasteiger charge is 2.32.